The number of fused-ring (bicyclic) bond motifs is 1. The van der Waals surface area contributed by atoms with Gasteiger partial charge in [0.15, 0.2) is 0 Å². The third-order valence-electron chi connectivity index (χ3n) is 3.20. The number of nitriles is 1. The lowest BCUT2D eigenvalue weighted by Gasteiger charge is -2.16. The van der Waals surface area contributed by atoms with Crippen molar-refractivity contribution in [3.8, 4) is 6.07 Å². The number of carbonyl (C=O) groups excluding carboxylic acids is 1. The number of nitrogens with zero attached hydrogens (tertiary/aromatic N) is 3. The number of hydrogen-bond acceptors (Lipinski definition) is 3. The second kappa shape index (κ2) is 4.54. The van der Waals surface area contributed by atoms with Gasteiger partial charge in [-0.1, -0.05) is 0 Å². The Kier molecular flexibility index (Phi) is 2.45. The summed E-state index contributed by atoms with van der Waals surface area (Å²) in [6.07, 6.45) is 3.80. The SMILES string of the molecule is [2H]c1cncc2c1CCN2C(=O)c1ccc(C#N)cc1. The van der Waals surface area contributed by atoms with Crippen molar-refractivity contribution in [3.63, 3.8) is 0 Å². The normalized spacial score (nSPS) is 13.6. The van der Waals surface area contributed by atoms with E-state index in [0.29, 0.717) is 35.8 Å². The van der Waals surface area contributed by atoms with Crippen molar-refractivity contribution in [2.45, 2.75) is 6.42 Å². The van der Waals surface area contributed by atoms with Crippen LogP contribution in [-0.2, 0) is 6.42 Å². The van der Waals surface area contributed by atoms with E-state index in [4.69, 9.17) is 6.63 Å². The maximum atomic E-state index is 12.5. The topological polar surface area (TPSA) is 57.0 Å². The molecule has 3 rings (SSSR count). The molecule has 0 spiro atoms. The molecule has 1 aliphatic rings. The van der Waals surface area contributed by atoms with E-state index in [1.54, 1.807) is 35.4 Å². The van der Waals surface area contributed by atoms with Crippen molar-refractivity contribution in [1.29, 1.82) is 5.26 Å². The van der Waals surface area contributed by atoms with Crippen LogP contribution in [0.25, 0.3) is 0 Å². The van der Waals surface area contributed by atoms with E-state index in [1.165, 1.54) is 6.20 Å². The molecule has 4 heteroatoms. The van der Waals surface area contributed by atoms with E-state index in [-0.39, 0.29) is 5.91 Å². The highest BCUT2D eigenvalue weighted by Crippen LogP contribution is 2.27. The van der Waals surface area contributed by atoms with Gasteiger partial charge in [0.1, 0.15) is 0 Å². The van der Waals surface area contributed by atoms with Crippen molar-refractivity contribution in [1.82, 2.24) is 4.98 Å². The van der Waals surface area contributed by atoms with Crippen molar-refractivity contribution in [2.75, 3.05) is 11.4 Å². The fourth-order valence-corrected chi connectivity index (χ4v) is 2.21. The molecule has 0 radical (unpaired) electrons. The largest absolute Gasteiger partial charge is 0.306 e. The first-order valence-electron chi connectivity index (χ1n) is 6.46. The molecule has 92 valence electrons. The van der Waals surface area contributed by atoms with Crippen LogP contribution in [0.2, 0.25) is 0 Å². The maximum absolute atomic E-state index is 12.5. The Labute approximate surface area is 112 Å². The zero-order valence-corrected chi connectivity index (χ0v) is 10.1. The Hall–Kier alpha value is -2.67. The number of pyridine rings is 1. The highest BCUT2D eigenvalue weighted by atomic mass is 16.2. The standard InChI is InChI=1S/C15H11N3O/c16-9-11-1-3-13(4-2-11)15(19)18-8-6-12-5-7-17-10-14(12)18/h1-5,7,10H,6,8H2/i5D. The molecular formula is C15H11N3O. The van der Waals surface area contributed by atoms with E-state index >= 15 is 0 Å². The molecule has 4 nitrogen and oxygen atoms in total. The Balaban J connectivity index is 1.94. The molecule has 1 aromatic carbocycles. The number of amides is 1. The highest BCUT2D eigenvalue weighted by Gasteiger charge is 2.25. The first-order valence-corrected chi connectivity index (χ1v) is 5.96. The first-order chi connectivity index (χ1) is 9.70. The van der Waals surface area contributed by atoms with E-state index in [1.807, 2.05) is 6.07 Å². The Bertz CT molecular complexity index is 719. The minimum Gasteiger partial charge on any atom is -0.306 e. The predicted octanol–water partition coefficient (Wildman–Crippen LogP) is 2.16. The first kappa shape index (κ1) is 10.3. The molecule has 0 aliphatic carbocycles. The van der Waals surface area contributed by atoms with Crippen LogP contribution < -0.4 is 4.90 Å². The van der Waals surface area contributed by atoms with Gasteiger partial charge in [-0.2, -0.15) is 5.26 Å². The summed E-state index contributed by atoms with van der Waals surface area (Å²) in [6, 6.07) is 8.95. The number of rotatable bonds is 1. The zero-order valence-electron chi connectivity index (χ0n) is 11.1. The third kappa shape index (κ3) is 1.95. The summed E-state index contributed by atoms with van der Waals surface area (Å²) in [5.74, 6) is -0.124. The van der Waals surface area contributed by atoms with Crippen LogP contribution in [0.3, 0.4) is 0 Å². The molecule has 0 atom stereocenters. The quantitative estimate of drug-likeness (QED) is 0.779. The molecule has 0 fully saturated rings. The van der Waals surface area contributed by atoms with Crippen LogP contribution in [0.4, 0.5) is 5.69 Å². The highest BCUT2D eigenvalue weighted by molar-refractivity contribution is 6.07. The molecule has 2 heterocycles. The molecule has 0 saturated heterocycles. The molecule has 1 amide bonds. The third-order valence-corrected chi connectivity index (χ3v) is 3.20. The summed E-state index contributed by atoms with van der Waals surface area (Å²) in [4.78, 5) is 18.1. The Morgan fingerprint density at radius 1 is 1.42 bits per heavy atom. The molecular weight excluding hydrogens is 238 g/mol. The number of aromatic nitrogens is 1. The monoisotopic (exact) mass is 250 g/mol. The fourth-order valence-electron chi connectivity index (χ4n) is 2.21. The second-order valence-electron chi connectivity index (χ2n) is 4.31. The summed E-state index contributed by atoms with van der Waals surface area (Å²) in [7, 11) is 0. The Morgan fingerprint density at radius 3 is 2.95 bits per heavy atom. The van der Waals surface area contributed by atoms with E-state index in [9.17, 15) is 4.79 Å². The van der Waals surface area contributed by atoms with E-state index < -0.39 is 0 Å². The molecule has 19 heavy (non-hydrogen) atoms. The van der Waals surface area contributed by atoms with Crippen molar-refractivity contribution >= 4 is 11.6 Å². The number of benzene rings is 1. The minimum atomic E-state index is -0.124. The van der Waals surface area contributed by atoms with Gasteiger partial charge in [-0.05, 0) is 42.3 Å². The van der Waals surface area contributed by atoms with Crippen LogP contribution in [-0.4, -0.2) is 17.4 Å². The predicted molar refractivity (Wildman–Crippen MR) is 70.8 cm³/mol. The Morgan fingerprint density at radius 2 is 2.21 bits per heavy atom. The molecule has 0 bridgehead atoms. The smallest absolute Gasteiger partial charge is 0.258 e. The molecule has 0 N–H and O–H groups in total. The average molecular weight is 250 g/mol. The summed E-state index contributed by atoms with van der Waals surface area (Å²) in [5.41, 5.74) is 2.64. The van der Waals surface area contributed by atoms with Crippen LogP contribution in [0.15, 0.2) is 42.7 Å². The van der Waals surface area contributed by atoms with Gasteiger partial charge in [0, 0.05) is 18.3 Å². The zero-order chi connectivity index (χ0) is 14.1. The van der Waals surface area contributed by atoms with Gasteiger partial charge in [0.2, 0.25) is 0 Å². The fraction of sp³-hybridized carbons (Fsp3) is 0.133. The van der Waals surface area contributed by atoms with Gasteiger partial charge in [0.05, 0.1) is 24.9 Å². The number of hydrogen-bond donors (Lipinski definition) is 0. The molecule has 1 aromatic heterocycles. The summed E-state index contributed by atoms with van der Waals surface area (Å²) in [6.45, 7) is 0.561. The lowest BCUT2D eigenvalue weighted by atomic mass is 10.1. The van der Waals surface area contributed by atoms with Crippen LogP contribution in [0.5, 0.6) is 0 Å². The van der Waals surface area contributed by atoms with Gasteiger partial charge >= 0.3 is 0 Å². The summed E-state index contributed by atoms with van der Waals surface area (Å²) in [5, 5.41) is 8.76. The minimum absolute atomic E-state index is 0.124. The molecule has 2 aromatic rings. The van der Waals surface area contributed by atoms with Gasteiger partial charge in [-0.15, -0.1) is 0 Å². The molecule has 1 aliphatic heterocycles. The number of anilines is 1. The van der Waals surface area contributed by atoms with Crippen molar-refractivity contribution in [3.05, 3.63) is 59.4 Å². The van der Waals surface area contributed by atoms with Gasteiger partial charge in [0.25, 0.3) is 5.91 Å². The second-order valence-corrected chi connectivity index (χ2v) is 4.31. The molecule has 0 unspecified atom stereocenters. The summed E-state index contributed by atoms with van der Waals surface area (Å²) >= 11 is 0. The number of carbonyl (C=O) groups is 1. The van der Waals surface area contributed by atoms with E-state index in [2.05, 4.69) is 4.98 Å². The maximum Gasteiger partial charge on any atom is 0.258 e. The lowest BCUT2D eigenvalue weighted by molar-refractivity contribution is 0.0989. The molecule has 0 saturated carbocycles. The van der Waals surface area contributed by atoms with Crippen LogP contribution in [0, 0.1) is 11.3 Å². The van der Waals surface area contributed by atoms with Gasteiger partial charge in [-0.25, -0.2) is 0 Å². The van der Waals surface area contributed by atoms with Crippen molar-refractivity contribution in [2.24, 2.45) is 0 Å². The van der Waals surface area contributed by atoms with Gasteiger partial charge in [-0.3, -0.25) is 9.78 Å². The lowest BCUT2D eigenvalue weighted by Crippen LogP contribution is -2.28. The summed E-state index contributed by atoms with van der Waals surface area (Å²) < 4.78 is 7.80. The van der Waals surface area contributed by atoms with Crippen molar-refractivity contribution < 1.29 is 6.17 Å². The van der Waals surface area contributed by atoms with Crippen LogP contribution >= 0.6 is 0 Å². The van der Waals surface area contributed by atoms with E-state index in [0.717, 1.165) is 5.56 Å². The average Bonchev–Trinajstić information content (AvgIpc) is 2.92. The van der Waals surface area contributed by atoms with Gasteiger partial charge < -0.3 is 4.90 Å². The van der Waals surface area contributed by atoms with Crippen LogP contribution in [0.1, 0.15) is 22.9 Å².